The fourth-order valence-electron chi connectivity index (χ4n) is 4.19. The summed E-state index contributed by atoms with van der Waals surface area (Å²) < 4.78 is 18.8. The lowest BCUT2D eigenvalue weighted by atomic mass is 9.91. The minimum Gasteiger partial charge on any atom is -0.441 e. The molecule has 3 heterocycles. The fourth-order valence-corrected chi connectivity index (χ4v) is 4.19. The van der Waals surface area contributed by atoms with Gasteiger partial charge in [0.2, 0.25) is 0 Å². The van der Waals surface area contributed by atoms with Crippen LogP contribution in [0, 0.1) is 5.82 Å². The molecule has 0 radical (unpaired) electrons. The molecule has 30 heavy (non-hydrogen) atoms. The van der Waals surface area contributed by atoms with Crippen molar-refractivity contribution in [1.29, 1.82) is 0 Å². The quantitative estimate of drug-likeness (QED) is 0.705. The number of benzene rings is 2. The molecule has 1 spiro atoms. The largest absolute Gasteiger partial charge is 0.441 e. The molecule has 2 aliphatic heterocycles. The van der Waals surface area contributed by atoms with Crippen molar-refractivity contribution >= 4 is 22.9 Å². The number of nitrogens with one attached hydrogen (secondary N) is 1. The molecule has 6 nitrogen and oxygen atoms in total. The van der Waals surface area contributed by atoms with Gasteiger partial charge in [0.1, 0.15) is 11.4 Å². The van der Waals surface area contributed by atoms with Crippen molar-refractivity contribution in [3.05, 3.63) is 66.0 Å². The van der Waals surface area contributed by atoms with Crippen LogP contribution < -0.4 is 5.32 Å². The third kappa shape index (κ3) is 3.26. The Bertz CT molecular complexity index is 1140. The Balaban J connectivity index is 1.48. The molecular formula is C23H20FN3O3. The number of nitrogens with zero attached hydrogens (tertiary/aromatic N) is 2. The molecule has 0 saturated carbocycles. The van der Waals surface area contributed by atoms with E-state index in [0.717, 1.165) is 10.9 Å². The van der Waals surface area contributed by atoms with Gasteiger partial charge in [-0.1, -0.05) is 18.2 Å². The summed E-state index contributed by atoms with van der Waals surface area (Å²) in [7, 11) is 0. The number of carbonyl (C=O) groups excluding carboxylic acids is 2. The van der Waals surface area contributed by atoms with Crippen molar-refractivity contribution in [2.75, 3.05) is 19.6 Å². The Morgan fingerprint density at radius 3 is 2.53 bits per heavy atom. The second kappa shape index (κ2) is 7.09. The molecule has 5 rings (SSSR count). The number of likely N-dealkylation sites (tertiary alicyclic amines) is 1. The van der Waals surface area contributed by atoms with Crippen LogP contribution in [-0.4, -0.2) is 47.1 Å². The number of alkyl carbamates (subject to hydrolysis) is 1. The number of hydrogen-bond donors (Lipinski definition) is 1. The second-order valence-electron chi connectivity index (χ2n) is 7.80. The highest BCUT2D eigenvalue weighted by Crippen LogP contribution is 2.31. The summed E-state index contributed by atoms with van der Waals surface area (Å²) in [6, 6.07) is 15.4. The molecule has 2 fully saturated rings. The highest BCUT2D eigenvalue weighted by Gasteiger charge is 2.43. The molecule has 2 aromatic carbocycles. The van der Waals surface area contributed by atoms with Crippen LogP contribution in [-0.2, 0) is 4.74 Å². The zero-order valence-electron chi connectivity index (χ0n) is 16.2. The summed E-state index contributed by atoms with van der Waals surface area (Å²) in [5, 5.41) is 3.49. The van der Waals surface area contributed by atoms with Crippen LogP contribution in [0.1, 0.15) is 23.2 Å². The van der Waals surface area contributed by atoms with E-state index in [0.29, 0.717) is 49.2 Å². The van der Waals surface area contributed by atoms with Crippen LogP contribution in [0.25, 0.3) is 22.2 Å². The van der Waals surface area contributed by atoms with Crippen molar-refractivity contribution in [2.45, 2.75) is 18.4 Å². The zero-order valence-corrected chi connectivity index (χ0v) is 16.2. The van der Waals surface area contributed by atoms with Crippen LogP contribution in [0.15, 0.2) is 54.6 Å². The Morgan fingerprint density at radius 1 is 1.10 bits per heavy atom. The molecule has 2 amide bonds. The number of para-hydroxylation sites is 1. The molecule has 0 aliphatic carbocycles. The lowest BCUT2D eigenvalue weighted by Gasteiger charge is -2.37. The standard InChI is InChI=1S/C23H20FN3O3/c24-16-7-5-15(6-8-16)20-13-18(17-3-1-2-4-19(17)26-20)21(28)27-11-9-23(10-12-27)14-25-22(29)30-23/h1-8,13H,9-12,14H2,(H,25,29). The lowest BCUT2D eigenvalue weighted by Crippen LogP contribution is -2.48. The molecule has 0 bridgehead atoms. The number of piperidine rings is 1. The lowest BCUT2D eigenvalue weighted by molar-refractivity contribution is 0.00337. The number of fused-ring (bicyclic) bond motifs is 1. The van der Waals surface area contributed by atoms with Crippen LogP contribution in [0.2, 0.25) is 0 Å². The van der Waals surface area contributed by atoms with Crippen molar-refractivity contribution in [2.24, 2.45) is 0 Å². The van der Waals surface area contributed by atoms with Crippen LogP contribution in [0.5, 0.6) is 0 Å². The minimum atomic E-state index is -0.507. The van der Waals surface area contributed by atoms with Gasteiger partial charge >= 0.3 is 6.09 Å². The van der Waals surface area contributed by atoms with Gasteiger partial charge in [0.05, 0.1) is 23.3 Å². The van der Waals surface area contributed by atoms with Gasteiger partial charge in [-0.15, -0.1) is 0 Å². The van der Waals surface area contributed by atoms with Crippen molar-refractivity contribution in [3.8, 4) is 11.3 Å². The van der Waals surface area contributed by atoms with Crippen LogP contribution >= 0.6 is 0 Å². The molecule has 2 saturated heterocycles. The van der Waals surface area contributed by atoms with Gasteiger partial charge in [0.15, 0.2) is 0 Å². The van der Waals surface area contributed by atoms with Crippen LogP contribution in [0.3, 0.4) is 0 Å². The summed E-state index contributed by atoms with van der Waals surface area (Å²) in [6.45, 7) is 1.51. The maximum Gasteiger partial charge on any atom is 0.407 e. The Kier molecular flexibility index (Phi) is 4.38. The Morgan fingerprint density at radius 2 is 1.83 bits per heavy atom. The number of halogens is 1. The number of ether oxygens (including phenoxy) is 1. The summed E-state index contributed by atoms with van der Waals surface area (Å²) in [5.41, 5.74) is 2.15. The predicted molar refractivity (Wildman–Crippen MR) is 109 cm³/mol. The number of amides is 2. The highest BCUT2D eigenvalue weighted by molar-refractivity contribution is 6.07. The van der Waals surface area contributed by atoms with Crippen LogP contribution in [0.4, 0.5) is 9.18 Å². The molecule has 1 aromatic heterocycles. The summed E-state index contributed by atoms with van der Waals surface area (Å²) >= 11 is 0. The van der Waals surface area contributed by atoms with Crippen molar-refractivity contribution in [3.63, 3.8) is 0 Å². The van der Waals surface area contributed by atoms with Gasteiger partial charge in [-0.2, -0.15) is 0 Å². The van der Waals surface area contributed by atoms with Gasteiger partial charge in [-0.05, 0) is 36.4 Å². The maximum atomic E-state index is 13.4. The third-order valence-corrected chi connectivity index (χ3v) is 5.91. The van der Waals surface area contributed by atoms with Gasteiger partial charge in [0.25, 0.3) is 5.91 Å². The first-order valence-electron chi connectivity index (χ1n) is 9.95. The molecular weight excluding hydrogens is 385 g/mol. The van der Waals surface area contributed by atoms with E-state index in [4.69, 9.17) is 4.74 Å². The molecule has 152 valence electrons. The average molecular weight is 405 g/mol. The van der Waals surface area contributed by atoms with Gasteiger partial charge in [0, 0.05) is 36.9 Å². The number of pyridine rings is 1. The smallest absolute Gasteiger partial charge is 0.407 e. The maximum absolute atomic E-state index is 13.4. The molecule has 3 aromatic rings. The summed E-state index contributed by atoms with van der Waals surface area (Å²) in [4.78, 5) is 31.4. The predicted octanol–water partition coefficient (Wildman–Crippen LogP) is 3.76. The first-order chi connectivity index (χ1) is 14.5. The molecule has 0 unspecified atom stereocenters. The number of carbonyl (C=O) groups is 2. The van der Waals surface area contributed by atoms with Gasteiger partial charge in [-0.25, -0.2) is 14.2 Å². The first kappa shape index (κ1) is 18.5. The fraction of sp³-hybridized carbons (Fsp3) is 0.261. The van der Waals surface area contributed by atoms with Crippen molar-refractivity contribution < 1.29 is 18.7 Å². The van der Waals surface area contributed by atoms with E-state index in [9.17, 15) is 14.0 Å². The minimum absolute atomic E-state index is 0.0795. The van der Waals surface area contributed by atoms with Crippen molar-refractivity contribution in [1.82, 2.24) is 15.2 Å². The first-order valence-corrected chi connectivity index (χ1v) is 9.95. The number of hydrogen-bond acceptors (Lipinski definition) is 4. The summed E-state index contributed by atoms with van der Waals surface area (Å²) in [6.07, 6.45) is 0.815. The average Bonchev–Trinajstić information content (AvgIpc) is 3.13. The molecule has 0 atom stereocenters. The number of rotatable bonds is 2. The summed E-state index contributed by atoms with van der Waals surface area (Å²) in [5.74, 6) is -0.399. The Hall–Kier alpha value is -3.48. The molecule has 1 N–H and O–H groups in total. The second-order valence-corrected chi connectivity index (χ2v) is 7.80. The normalized spacial score (nSPS) is 17.8. The number of aromatic nitrogens is 1. The van der Waals surface area contributed by atoms with E-state index < -0.39 is 5.60 Å². The van der Waals surface area contributed by atoms with E-state index in [1.54, 1.807) is 23.1 Å². The van der Waals surface area contributed by atoms with E-state index >= 15 is 0 Å². The topological polar surface area (TPSA) is 71.5 Å². The van der Waals surface area contributed by atoms with Gasteiger partial charge in [-0.3, -0.25) is 4.79 Å². The van der Waals surface area contributed by atoms with Gasteiger partial charge < -0.3 is 15.0 Å². The SMILES string of the molecule is O=C1NCC2(CCN(C(=O)c3cc(-c4ccc(F)cc4)nc4ccccc34)CC2)O1. The monoisotopic (exact) mass is 405 g/mol. The third-order valence-electron chi connectivity index (χ3n) is 5.91. The van der Waals surface area contributed by atoms with E-state index in [1.165, 1.54) is 12.1 Å². The van der Waals surface area contributed by atoms with E-state index in [1.807, 2.05) is 24.3 Å². The van der Waals surface area contributed by atoms with E-state index in [-0.39, 0.29) is 17.8 Å². The molecule has 2 aliphatic rings. The zero-order chi connectivity index (χ0) is 20.7. The Labute approximate surface area is 172 Å². The van der Waals surface area contributed by atoms with E-state index in [2.05, 4.69) is 10.3 Å². The highest BCUT2D eigenvalue weighted by atomic mass is 19.1. The molecule has 7 heteroatoms.